The minimum Gasteiger partial charge on any atom is -0.370 e. The molecule has 0 aliphatic heterocycles. The molecular weight excluding hydrogens is 266 g/mol. The number of rotatable bonds is 5. The molecule has 0 saturated carbocycles. The third-order valence-electron chi connectivity index (χ3n) is 2.13. The first-order valence-corrected chi connectivity index (χ1v) is 7.40. The number of hydrogen-bond acceptors (Lipinski definition) is 7. The summed E-state index contributed by atoms with van der Waals surface area (Å²) in [5, 5.41) is 4.09. The van der Waals surface area contributed by atoms with Crippen molar-refractivity contribution < 1.29 is 0 Å². The molecule has 0 atom stereocenters. The standard InChI is InChI=1S/C11H15N5S2/c1-4-8-15-11(18-16-8)17-10-6-9(12-5-2)13-7(3)14-10/h6H,4-5H2,1-3H3,(H,12,13,14). The lowest BCUT2D eigenvalue weighted by Gasteiger charge is -2.05. The van der Waals surface area contributed by atoms with Gasteiger partial charge in [-0.25, -0.2) is 15.0 Å². The van der Waals surface area contributed by atoms with Gasteiger partial charge >= 0.3 is 0 Å². The van der Waals surface area contributed by atoms with Crippen LogP contribution in [0.1, 0.15) is 25.5 Å². The van der Waals surface area contributed by atoms with Crippen molar-refractivity contribution in [1.82, 2.24) is 19.3 Å². The predicted octanol–water partition coefficient (Wildman–Crippen LogP) is 2.78. The van der Waals surface area contributed by atoms with Crippen LogP contribution in [0.15, 0.2) is 15.4 Å². The van der Waals surface area contributed by atoms with E-state index < -0.39 is 0 Å². The highest BCUT2D eigenvalue weighted by atomic mass is 32.2. The molecule has 2 aromatic heterocycles. The Morgan fingerprint density at radius 1 is 1.28 bits per heavy atom. The molecule has 18 heavy (non-hydrogen) atoms. The molecule has 0 saturated heterocycles. The lowest BCUT2D eigenvalue weighted by molar-refractivity contribution is 0.952. The smallest absolute Gasteiger partial charge is 0.176 e. The van der Waals surface area contributed by atoms with Crippen LogP contribution in [-0.2, 0) is 6.42 Å². The molecule has 0 aliphatic carbocycles. The van der Waals surface area contributed by atoms with Crippen LogP contribution in [0.4, 0.5) is 5.82 Å². The molecule has 2 aromatic rings. The van der Waals surface area contributed by atoms with Crippen LogP contribution in [0.5, 0.6) is 0 Å². The summed E-state index contributed by atoms with van der Waals surface area (Å²) in [6.45, 7) is 6.83. The average molecular weight is 281 g/mol. The van der Waals surface area contributed by atoms with E-state index in [1.807, 2.05) is 19.9 Å². The number of aromatic nitrogens is 4. The number of nitrogens with zero attached hydrogens (tertiary/aromatic N) is 4. The molecule has 0 radical (unpaired) electrons. The van der Waals surface area contributed by atoms with Crippen LogP contribution >= 0.6 is 23.3 Å². The fraction of sp³-hybridized carbons (Fsp3) is 0.455. The topological polar surface area (TPSA) is 63.6 Å². The maximum absolute atomic E-state index is 4.42. The van der Waals surface area contributed by atoms with E-state index in [0.29, 0.717) is 0 Å². The van der Waals surface area contributed by atoms with E-state index in [1.165, 1.54) is 23.3 Å². The first-order valence-electron chi connectivity index (χ1n) is 5.81. The summed E-state index contributed by atoms with van der Waals surface area (Å²) in [6, 6.07) is 1.94. The van der Waals surface area contributed by atoms with Crippen molar-refractivity contribution in [1.29, 1.82) is 0 Å². The molecule has 2 heterocycles. The maximum atomic E-state index is 4.42. The van der Waals surface area contributed by atoms with Gasteiger partial charge in [0.15, 0.2) is 4.34 Å². The molecule has 1 N–H and O–H groups in total. The van der Waals surface area contributed by atoms with Gasteiger partial charge in [0.05, 0.1) is 0 Å². The van der Waals surface area contributed by atoms with Crippen molar-refractivity contribution in [3.8, 4) is 0 Å². The summed E-state index contributed by atoms with van der Waals surface area (Å²) in [5.41, 5.74) is 0. The number of nitrogens with one attached hydrogen (secondary N) is 1. The van der Waals surface area contributed by atoms with Gasteiger partial charge in [-0.1, -0.05) is 6.92 Å². The number of anilines is 1. The molecular formula is C11H15N5S2. The Morgan fingerprint density at radius 2 is 2.11 bits per heavy atom. The van der Waals surface area contributed by atoms with Gasteiger partial charge in [0.2, 0.25) is 0 Å². The Kier molecular flexibility index (Phi) is 4.48. The van der Waals surface area contributed by atoms with Crippen molar-refractivity contribution in [2.75, 3.05) is 11.9 Å². The second kappa shape index (κ2) is 6.10. The van der Waals surface area contributed by atoms with Crippen LogP contribution in [-0.4, -0.2) is 25.9 Å². The van der Waals surface area contributed by atoms with Gasteiger partial charge in [-0.15, -0.1) is 0 Å². The zero-order valence-corrected chi connectivity index (χ0v) is 12.2. The summed E-state index contributed by atoms with van der Waals surface area (Å²) in [4.78, 5) is 13.1. The first-order chi connectivity index (χ1) is 8.71. The molecule has 0 amide bonds. The molecule has 2 rings (SSSR count). The molecule has 0 unspecified atom stereocenters. The molecule has 96 valence electrons. The molecule has 7 heteroatoms. The second-order valence-corrected chi connectivity index (χ2v) is 5.62. The van der Waals surface area contributed by atoms with Gasteiger partial charge in [0.25, 0.3) is 0 Å². The van der Waals surface area contributed by atoms with Crippen LogP contribution < -0.4 is 5.32 Å². The zero-order valence-electron chi connectivity index (χ0n) is 10.6. The summed E-state index contributed by atoms with van der Waals surface area (Å²) in [7, 11) is 0. The third kappa shape index (κ3) is 3.39. The van der Waals surface area contributed by atoms with Gasteiger partial charge in [0.1, 0.15) is 22.5 Å². The summed E-state index contributed by atoms with van der Waals surface area (Å²) in [6.07, 6.45) is 0.864. The molecule has 0 aromatic carbocycles. The van der Waals surface area contributed by atoms with E-state index in [4.69, 9.17) is 0 Å². The Morgan fingerprint density at radius 3 is 2.78 bits per heavy atom. The van der Waals surface area contributed by atoms with E-state index >= 15 is 0 Å². The van der Waals surface area contributed by atoms with Gasteiger partial charge in [-0.05, 0) is 37.1 Å². The van der Waals surface area contributed by atoms with Crippen LogP contribution in [0, 0.1) is 6.92 Å². The Bertz CT molecular complexity index is 526. The quantitative estimate of drug-likeness (QED) is 0.850. The van der Waals surface area contributed by atoms with Crippen molar-refractivity contribution in [3.05, 3.63) is 17.7 Å². The third-order valence-corrected chi connectivity index (χ3v) is 3.84. The van der Waals surface area contributed by atoms with Crippen molar-refractivity contribution in [2.45, 2.75) is 36.6 Å². The highest BCUT2D eigenvalue weighted by molar-refractivity contribution is 8.00. The fourth-order valence-electron chi connectivity index (χ4n) is 1.38. The molecule has 5 nitrogen and oxygen atoms in total. The van der Waals surface area contributed by atoms with Gasteiger partial charge in [-0.3, -0.25) is 0 Å². The Balaban J connectivity index is 2.17. The van der Waals surface area contributed by atoms with E-state index in [1.54, 1.807) is 0 Å². The summed E-state index contributed by atoms with van der Waals surface area (Å²) >= 11 is 2.95. The lowest BCUT2D eigenvalue weighted by Crippen LogP contribution is -2.02. The van der Waals surface area contributed by atoms with Crippen molar-refractivity contribution in [2.24, 2.45) is 0 Å². The monoisotopic (exact) mass is 281 g/mol. The Labute approximate surface area is 115 Å². The van der Waals surface area contributed by atoms with Crippen molar-refractivity contribution in [3.63, 3.8) is 0 Å². The summed E-state index contributed by atoms with van der Waals surface area (Å²) in [5.74, 6) is 2.50. The molecule has 0 spiro atoms. The first kappa shape index (κ1) is 13.2. The second-order valence-electron chi connectivity index (χ2n) is 3.60. The Hall–Kier alpha value is -1.21. The lowest BCUT2D eigenvalue weighted by atomic mass is 10.5. The van der Waals surface area contributed by atoms with Crippen LogP contribution in [0.25, 0.3) is 0 Å². The van der Waals surface area contributed by atoms with E-state index in [-0.39, 0.29) is 0 Å². The molecule has 0 bridgehead atoms. The molecule has 0 fully saturated rings. The van der Waals surface area contributed by atoms with Gasteiger partial charge < -0.3 is 5.32 Å². The largest absolute Gasteiger partial charge is 0.370 e. The minimum atomic E-state index is 0.760. The predicted molar refractivity (Wildman–Crippen MR) is 74.3 cm³/mol. The normalized spacial score (nSPS) is 10.6. The summed E-state index contributed by atoms with van der Waals surface area (Å²) < 4.78 is 5.19. The highest BCUT2D eigenvalue weighted by Crippen LogP contribution is 2.28. The minimum absolute atomic E-state index is 0.760. The molecule has 0 aliphatic rings. The number of hydrogen-bond donors (Lipinski definition) is 1. The fourth-order valence-corrected chi connectivity index (χ4v) is 3.07. The zero-order chi connectivity index (χ0) is 13.0. The SMILES string of the molecule is CCNc1cc(Sc2nc(CC)ns2)nc(C)n1. The van der Waals surface area contributed by atoms with Crippen LogP contribution in [0.2, 0.25) is 0 Å². The number of aryl methyl sites for hydroxylation is 2. The van der Waals surface area contributed by atoms with Gasteiger partial charge in [0, 0.05) is 19.0 Å². The van der Waals surface area contributed by atoms with E-state index in [9.17, 15) is 0 Å². The van der Waals surface area contributed by atoms with Crippen LogP contribution in [0.3, 0.4) is 0 Å². The highest BCUT2D eigenvalue weighted by Gasteiger charge is 2.08. The van der Waals surface area contributed by atoms with E-state index in [0.717, 1.165) is 39.8 Å². The maximum Gasteiger partial charge on any atom is 0.176 e. The average Bonchev–Trinajstić information content (AvgIpc) is 2.76. The van der Waals surface area contributed by atoms with Crippen molar-refractivity contribution >= 4 is 29.1 Å². The van der Waals surface area contributed by atoms with E-state index in [2.05, 4.69) is 31.6 Å². The van der Waals surface area contributed by atoms with Gasteiger partial charge in [-0.2, -0.15) is 4.37 Å².